The molecule has 0 saturated carbocycles. The summed E-state index contributed by atoms with van der Waals surface area (Å²) in [6.45, 7) is 1.63. The van der Waals surface area contributed by atoms with Crippen LogP contribution < -0.4 is 5.73 Å². The van der Waals surface area contributed by atoms with E-state index in [0.29, 0.717) is 25.2 Å². The smallest absolute Gasteiger partial charge is 0.254 e. The molecule has 3 aromatic carbocycles. The highest BCUT2D eigenvalue weighted by Crippen LogP contribution is 2.29. The Hall–Kier alpha value is -3.57. The van der Waals surface area contributed by atoms with Crippen molar-refractivity contribution in [2.45, 2.75) is 12.0 Å². The predicted molar refractivity (Wildman–Crippen MR) is 125 cm³/mol. The molecule has 2 atom stereocenters. The summed E-state index contributed by atoms with van der Waals surface area (Å²) in [5.74, 6) is -0.163. The van der Waals surface area contributed by atoms with Gasteiger partial charge in [-0.3, -0.25) is 9.79 Å². The second-order valence-corrected chi connectivity index (χ2v) is 8.31. The Morgan fingerprint density at radius 1 is 0.938 bits per heavy atom. The molecule has 4 nitrogen and oxygen atoms in total. The lowest BCUT2D eigenvalue weighted by Gasteiger charge is -2.18. The highest BCUT2D eigenvalue weighted by atomic mass is 19.1. The molecule has 0 aliphatic carbocycles. The molecule has 3 aromatic rings. The Balaban J connectivity index is 1.39. The van der Waals surface area contributed by atoms with Gasteiger partial charge in [-0.1, -0.05) is 60.7 Å². The molecule has 1 amide bonds. The van der Waals surface area contributed by atoms with E-state index in [1.165, 1.54) is 12.1 Å². The van der Waals surface area contributed by atoms with Crippen LogP contribution in [0.3, 0.4) is 0 Å². The molecule has 1 unspecified atom stereocenters. The Morgan fingerprint density at radius 2 is 1.66 bits per heavy atom. The van der Waals surface area contributed by atoms with E-state index in [1.807, 2.05) is 53.4 Å². The summed E-state index contributed by atoms with van der Waals surface area (Å²) in [6, 6.07) is 24.0. The van der Waals surface area contributed by atoms with Crippen LogP contribution in [0.15, 0.2) is 89.9 Å². The molecule has 160 valence electrons. The van der Waals surface area contributed by atoms with Crippen molar-refractivity contribution < 1.29 is 9.18 Å². The summed E-state index contributed by atoms with van der Waals surface area (Å²) in [4.78, 5) is 20.0. The molecule has 0 aromatic heterocycles. The molecule has 2 N–H and O–H groups in total. The fourth-order valence-corrected chi connectivity index (χ4v) is 4.54. The first kappa shape index (κ1) is 20.3. The first-order chi connectivity index (χ1) is 15.6. The summed E-state index contributed by atoms with van der Waals surface area (Å²) < 4.78 is 13.3. The van der Waals surface area contributed by atoms with Gasteiger partial charge in [-0.2, -0.15) is 0 Å². The number of hydrogen-bond acceptors (Lipinski definition) is 3. The molecule has 0 radical (unpaired) electrons. The maximum Gasteiger partial charge on any atom is 0.254 e. The average Bonchev–Trinajstić information content (AvgIpc) is 3.47. The topological polar surface area (TPSA) is 58.7 Å². The fraction of sp³-hybridized carbons (Fsp3) is 0.185. The van der Waals surface area contributed by atoms with Gasteiger partial charge < -0.3 is 10.6 Å². The van der Waals surface area contributed by atoms with Gasteiger partial charge in [-0.15, -0.1) is 0 Å². The first-order valence-electron chi connectivity index (χ1n) is 10.8. The maximum absolute atomic E-state index is 13.5. The fourth-order valence-electron chi connectivity index (χ4n) is 4.54. The lowest BCUT2D eigenvalue weighted by Crippen LogP contribution is -2.33. The minimum atomic E-state index is -0.262. The molecule has 0 spiro atoms. The molecule has 2 aliphatic heterocycles. The van der Waals surface area contributed by atoms with Crippen LogP contribution in [0.2, 0.25) is 0 Å². The summed E-state index contributed by atoms with van der Waals surface area (Å²) in [5.41, 5.74) is 11.7. The number of likely N-dealkylation sites (tertiary alicyclic amines) is 1. The van der Waals surface area contributed by atoms with Gasteiger partial charge >= 0.3 is 0 Å². The number of aliphatic imine (C=N–C) groups is 1. The SMILES string of the molecule is NC1CN(C(=O)c2ccccc2C2=NCC(c3ccc(F)cc3)=C2)C[C@H]1c1ccccc1. The van der Waals surface area contributed by atoms with E-state index >= 15 is 0 Å². The van der Waals surface area contributed by atoms with Crippen molar-refractivity contribution >= 4 is 17.2 Å². The summed E-state index contributed by atoms with van der Waals surface area (Å²) in [6.07, 6.45) is 1.99. The van der Waals surface area contributed by atoms with Crippen LogP contribution >= 0.6 is 0 Å². The third kappa shape index (κ3) is 3.87. The van der Waals surface area contributed by atoms with Gasteiger partial charge in [0.05, 0.1) is 12.3 Å². The molecular weight excluding hydrogens is 401 g/mol. The zero-order valence-electron chi connectivity index (χ0n) is 17.6. The van der Waals surface area contributed by atoms with Crippen LogP contribution in [0.1, 0.15) is 33.0 Å². The summed E-state index contributed by atoms with van der Waals surface area (Å²) in [5, 5.41) is 0. The molecule has 1 saturated heterocycles. The van der Waals surface area contributed by atoms with Crippen LogP contribution in [0.5, 0.6) is 0 Å². The number of allylic oxidation sites excluding steroid dienone is 1. The molecule has 2 heterocycles. The van der Waals surface area contributed by atoms with Gasteiger partial charge in [-0.05, 0) is 41.0 Å². The second-order valence-electron chi connectivity index (χ2n) is 8.31. The van der Waals surface area contributed by atoms with E-state index in [2.05, 4.69) is 17.1 Å². The third-order valence-corrected chi connectivity index (χ3v) is 6.26. The van der Waals surface area contributed by atoms with E-state index < -0.39 is 0 Å². The lowest BCUT2D eigenvalue weighted by atomic mass is 9.95. The zero-order valence-corrected chi connectivity index (χ0v) is 17.6. The molecule has 0 bridgehead atoms. The number of rotatable bonds is 4. The number of carbonyl (C=O) groups is 1. The minimum absolute atomic E-state index is 0.0270. The van der Waals surface area contributed by atoms with Crippen LogP contribution in [-0.4, -0.2) is 42.2 Å². The zero-order chi connectivity index (χ0) is 22.1. The highest BCUT2D eigenvalue weighted by molar-refractivity contribution is 6.19. The van der Waals surface area contributed by atoms with Gasteiger partial charge in [0.25, 0.3) is 5.91 Å². The predicted octanol–water partition coefficient (Wildman–Crippen LogP) is 4.28. The van der Waals surface area contributed by atoms with Crippen molar-refractivity contribution in [3.63, 3.8) is 0 Å². The largest absolute Gasteiger partial charge is 0.336 e. The Bertz CT molecular complexity index is 1200. The molecule has 5 heteroatoms. The van der Waals surface area contributed by atoms with Crippen LogP contribution in [0, 0.1) is 5.82 Å². The molecule has 1 fully saturated rings. The minimum Gasteiger partial charge on any atom is -0.336 e. The highest BCUT2D eigenvalue weighted by Gasteiger charge is 2.35. The molecule has 2 aliphatic rings. The van der Waals surface area contributed by atoms with Crippen LogP contribution in [0.25, 0.3) is 5.57 Å². The van der Waals surface area contributed by atoms with E-state index in [4.69, 9.17) is 5.73 Å². The van der Waals surface area contributed by atoms with Gasteiger partial charge in [0.2, 0.25) is 0 Å². The molecule has 32 heavy (non-hydrogen) atoms. The summed E-state index contributed by atoms with van der Waals surface area (Å²) in [7, 11) is 0. The van der Waals surface area contributed by atoms with E-state index in [9.17, 15) is 9.18 Å². The van der Waals surface area contributed by atoms with E-state index in [0.717, 1.165) is 28.0 Å². The van der Waals surface area contributed by atoms with Gasteiger partial charge in [-0.25, -0.2) is 4.39 Å². The average molecular weight is 426 g/mol. The Labute approximate surface area is 186 Å². The van der Waals surface area contributed by atoms with Crippen LogP contribution in [0.4, 0.5) is 4.39 Å². The van der Waals surface area contributed by atoms with Crippen molar-refractivity contribution in [2.75, 3.05) is 19.6 Å². The van der Waals surface area contributed by atoms with Crippen LogP contribution in [-0.2, 0) is 0 Å². The number of halogens is 1. The van der Waals surface area contributed by atoms with Crippen molar-refractivity contribution in [1.82, 2.24) is 4.90 Å². The number of benzene rings is 3. The van der Waals surface area contributed by atoms with Gasteiger partial charge in [0.15, 0.2) is 0 Å². The first-order valence-corrected chi connectivity index (χ1v) is 10.8. The number of nitrogens with two attached hydrogens (primary N) is 1. The normalized spacial score (nSPS) is 20.2. The monoisotopic (exact) mass is 425 g/mol. The number of carbonyl (C=O) groups excluding carboxylic acids is 1. The Morgan fingerprint density at radius 3 is 2.44 bits per heavy atom. The number of hydrogen-bond donors (Lipinski definition) is 1. The molecule has 5 rings (SSSR count). The van der Waals surface area contributed by atoms with Crippen molar-refractivity contribution in [3.05, 3.63) is 113 Å². The lowest BCUT2D eigenvalue weighted by molar-refractivity contribution is 0.0789. The standard InChI is InChI=1S/C27H24FN3O/c28-21-12-10-18(11-13-21)20-14-26(30-15-20)22-8-4-5-9-23(22)27(32)31-16-24(25(29)17-31)19-6-2-1-3-7-19/h1-14,24-25H,15-17,29H2/t24-,25?/m0/s1. The van der Waals surface area contributed by atoms with Gasteiger partial charge in [0, 0.05) is 36.2 Å². The van der Waals surface area contributed by atoms with Crippen molar-refractivity contribution in [1.29, 1.82) is 0 Å². The van der Waals surface area contributed by atoms with Gasteiger partial charge in [0.1, 0.15) is 5.82 Å². The van der Waals surface area contributed by atoms with E-state index in [-0.39, 0.29) is 23.7 Å². The molecular formula is C27H24FN3O. The summed E-state index contributed by atoms with van der Waals surface area (Å²) >= 11 is 0. The van der Waals surface area contributed by atoms with Crippen molar-refractivity contribution in [2.24, 2.45) is 10.7 Å². The van der Waals surface area contributed by atoms with Crippen molar-refractivity contribution in [3.8, 4) is 0 Å². The number of amides is 1. The quantitative estimate of drug-likeness (QED) is 0.678. The maximum atomic E-state index is 13.5. The van der Waals surface area contributed by atoms with E-state index in [1.54, 1.807) is 12.1 Å². The second kappa shape index (κ2) is 8.52. The third-order valence-electron chi connectivity index (χ3n) is 6.26. The number of nitrogens with zero attached hydrogens (tertiary/aromatic N) is 2. The Kier molecular flexibility index (Phi) is 5.41.